The average molecular weight is 266 g/mol. The Kier molecular flexibility index (Phi) is 4.43. The van der Waals surface area contributed by atoms with Crippen molar-refractivity contribution in [3.63, 3.8) is 0 Å². The number of aliphatic hydroxyl groups is 1. The summed E-state index contributed by atoms with van der Waals surface area (Å²) in [6.45, 7) is 4.48. The fraction of sp³-hybridized carbons (Fsp3) is 0.583. The molecule has 2 aromatic rings. The van der Waals surface area contributed by atoms with E-state index in [0.29, 0.717) is 6.54 Å². The highest BCUT2D eigenvalue weighted by Crippen LogP contribution is 2.09. The molecule has 0 amide bonds. The Morgan fingerprint density at radius 2 is 2.28 bits per heavy atom. The molecule has 0 aliphatic heterocycles. The molecular formula is C12H18N4OS. The SMILES string of the molecule is Cc1nc(Cn2cc(CCCC(C)O)nn2)cs1. The molecule has 1 N–H and O–H groups in total. The quantitative estimate of drug-likeness (QED) is 0.866. The summed E-state index contributed by atoms with van der Waals surface area (Å²) in [4.78, 5) is 4.40. The van der Waals surface area contributed by atoms with Crippen LogP contribution >= 0.6 is 11.3 Å². The van der Waals surface area contributed by atoms with E-state index >= 15 is 0 Å². The lowest BCUT2D eigenvalue weighted by atomic mass is 10.1. The van der Waals surface area contributed by atoms with Gasteiger partial charge in [0.25, 0.3) is 0 Å². The van der Waals surface area contributed by atoms with Crippen molar-refractivity contribution in [2.24, 2.45) is 0 Å². The highest BCUT2D eigenvalue weighted by Gasteiger charge is 2.04. The van der Waals surface area contributed by atoms with Gasteiger partial charge in [-0.25, -0.2) is 9.67 Å². The van der Waals surface area contributed by atoms with Gasteiger partial charge in [-0.15, -0.1) is 16.4 Å². The van der Waals surface area contributed by atoms with Crippen molar-refractivity contribution in [1.82, 2.24) is 20.0 Å². The second-order valence-electron chi connectivity index (χ2n) is 4.51. The van der Waals surface area contributed by atoms with Gasteiger partial charge < -0.3 is 5.11 Å². The molecule has 5 nitrogen and oxygen atoms in total. The molecular weight excluding hydrogens is 248 g/mol. The fourth-order valence-electron chi connectivity index (χ4n) is 1.76. The monoisotopic (exact) mass is 266 g/mol. The van der Waals surface area contributed by atoms with Gasteiger partial charge in [0.15, 0.2) is 0 Å². The van der Waals surface area contributed by atoms with Crippen molar-refractivity contribution in [2.45, 2.75) is 45.8 Å². The van der Waals surface area contributed by atoms with Crippen LogP contribution in [-0.4, -0.2) is 31.2 Å². The minimum Gasteiger partial charge on any atom is -0.393 e. The lowest BCUT2D eigenvalue weighted by Gasteiger charge is -2.00. The lowest BCUT2D eigenvalue weighted by molar-refractivity contribution is 0.181. The molecule has 0 saturated carbocycles. The molecule has 2 heterocycles. The average Bonchev–Trinajstić information content (AvgIpc) is 2.89. The normalized spacial score (nSPS) is 12.8. The second kappa shape index (κ2) is 6.06. The van der Waals surface area contributed by atoms with Crippen LogP contribution in [0.15, 0.2) is 11.6 Å². The number of aromatic nitrogens is 4. The Bertz CT molecular complexity index is 492. The van der Waals surface area contributed by atoms with Crippen LogP contribution < -0.4 is 0 Å². The van der Waals surface area contributed by atoms with Gasteiger partial charge in [-0.3, -0.25) is 0 Å². The maximum absolute atomic E-state index is 9.18. The Hall–Kier alpha value is -1.27. The van der Waals surface area contributed by atoms with Crippen LogP contribution in [0.25, 0.3) is 0 Å². The van der Waals surface area contributed by atoms with E-state index in [-0.39, 0.29) is 6.10 Å². The third-order valence-electron chi connectivity index (χ3n) is 2.63. The summed E-state index contributed by atoms with van der Waals surface area (Å²) in [5.41, 5.74) is 2.00. The highest BCUT2D eigenvalue weighted by molar-refractivity contribution is 7.09. The van der Waals surface area contributed by atoms with Gasteiger partial charge in [-0.05, 0) is 33.1 Å². The maximum Gasteiger partial charge on any atom is 0.0898 e. The molecule has 0 aromatic carbocycles. The summed E-state index contributed by atoms with van der Waals surface area (Å²) in [6, 6.07) is 0. The van der Waals surface area contributed by atoms with Gasteiger partial charge in [0.05, 0.1) is 29.0 Å². The number of aliphatic hydroxyl groups excluding tert-OH is 1. The molecule has 0 radical (unpaired) electrons. The molecule has 2 aromatic heterocycles. The first kappa shape index (κ1) is 13.2. The van der Waals surface area contributed by atoms with Crippen molar-refractivity contribution >= 4 is 11.3 Å². The van der Waals surface area contributed by atoms with Crippen molar-refractivity contribution in [1.29, 1.82) is 0 Å². The molecule has 0 saturated heterocycles. The first-order chi connectivity index (χ1) is 8.63. The van der Waals surface area contributed by atoms with Crippen molar-refractivity contribution in [2.75, 3.05) is 0 Å². The first-order valence-electron chi connectivity index (χ1n) is 6.11. The summed E-state index contributed by atoms with van der Waals surface area (Å²) >= 11 is 1.65. The number of hydrogen-bond donors (Lipinski definition) is 1. The smallest absolute Gasteiger partial charge is 0.0898 e. The van der Waals surface area contributed by atoms with Crippen LogP contribution in [0.3, 0.4) is 0 Å². The summed E-state index contributed by atoms with van der Waals surface area (Å²) in [5.74, 6) is 0. The molecule has 6 heteroatoms. The molecule has 0 fully saturated rings. The van der Waals surface area contributed by atoms with Crippen LogP contribution in [0.1, 0.15) is 36.2 Å². The van der Waals surface area contributed by atoms with Crippen molar-refractivity contribution in [3.05, 3.63) is 28.0 Å². The van der Waals surface area contributed by atoms with E-state index in [4.69, 9.17) is 0 Å². The van der Waals surface area contributed by atoms with E-state index in [2.05, 4.69) is 15.3 Å². The van der Waals surface area contributed by atoms with Crippen molar-refractivity contribution in [3.8, 4) is 0 Å². The minimum atomic E-state index is -0.238. The third kappa shape index (κ3) is 3.89. The second-order valence-corrected chi connectivity index (χ2v) is 5.57. The largest absolute Gasteiger partial charge is 0.393 e. The van der Waals surface area contributed by atoms with E-state index in [1.54, 1.807) is 18.3 Å². The molecule has 0 aliphatic carbocycles. The van der Waals surface area contributed by atoms with E-state index < -0.39 is 0 Å². The molecule has 1 unspecified atom stereocenters. The number of hydrogen-bond acceptors (Lipinski definition) is 5. The number of aryl methyl sites for hydroxylation is 2. The van der Waals surface area contributed by atoms with Crippen LogP contribution in [0.2, 0.25) is 0 Å². The number of nitrogens with zero attached hydrogens (tertiary/aromatic N) is 4. The Morgan fingerprint density at radius 3 is 2.94 bits per heavy atom. The molecule has 98 valence electrons. The van der Waals surface area contributed by atoms with E-state index in [0.717, 1.165) is 35.7 Å². The van der Waals surface area contributed by atoms with E-state index in [1.165, 1.54) is 0 Å². The molecule has 1 atom stereocenters. The van der Waals surface area contributed by atoms with Gasteiger partial charge in [-0.1, -0.05) is 5.21 Å². The molecule has 0 bridgehead atoms. The molecule has 0 spiro atoms. The fourth-order valence-corrected chi connectivity index (χ4v) is 2.36. The standard InChI is InChI=1S/C12H18N4OS/c1-9(17)4-3-5-11-6-16(15-14-11)7-12-8-18-10(2)13-12/h6,8-9,17H,3-5,7H2,1-2H3. The number of thiazole rings is 1. The number of rotatable bonds is 6. The molecule has 18 heavy (non-hydrogen) atoms. The predicted molar refractivity (Wildman–Crippen MR) is 70.6 cm³/mol. The minimum absolute atomic E-state index is 0.238. The zero-order valence-corrected chi connectivity index (χ0v) is 11.5. The van der Waals surface area contributed by atoms with Crippen LogP contribution in [0.5, 0.6) is 0 Å². The molecule has 0 aliphatic rings. The highest BCUT2D eigenvalue weighted by atomic mass is 32.1. The van der Waals surface area contributed by atoms with Crippen molar-refractivity contribution < 1.29 is 5.11 Å². The zero-order chi connectivity index (χ0) is 13.0. The topological polar surface area (TPSA) is 63.8 Å². The van der Waals surface area contributed by atoms with Gasteiger partial charge in [-0.2, -0.15) is 0 Å². The van der Waals surface area contributed by atoms with Gasteiger partial charge in [0.1, 0.15) is 0 Å². The predicted octanol–water partition coefficient (Wildman–Crippen LogP) is 1.79. The van der Waals surface area contributed by atoms with Crippen LogP contribution in [0, 0.1) is 6.92 Å². The van der Waals surface area contributed by atoms with Gasteiger partial charge in [0, 0.05) is 11.6 Å². The van der Waals surface area contributed by atoms with Gasteiger partial charge >= 0.3 is 0 Å². The van der Waals surface area contributed by atoms with Gasteiger partial charge in [0.2, 0.25) is 0 Å². The lowest BCUT2D eigenvalue weighted by Crippen LogP contribution is -2.00. The first-order valence-corrected chi connectivity index (χ1v) is 6.99. The van der Waals surface area contributed by atoms with Crippen LogP contribution in [-0.2, 0) is 13.0 Å². The van der Waals surface area contributed by atoms with E-state index in [1.807, 2.05) is 23.2 Å². The third-order valence-corrected chi connectivity index (χ3v) is 3.45. The Labute approximate surface area is 110 Å². The zero-order valence-electron chi connectivity index (χ0n) is 10.7. The Morgan fingerprint density at radius 1 is 1.44 bits per heavy atom. The summed E-state index contributed by atoms with van der Waals surface area (Å²) in [6.07, 6.45) is 4.32. The van der Waals surface area contributed by atoms with E-state index in [9.17, 15) is 5.11 Å². The van der Waals surface area contributed by atoms with Crippen LogP contribution in [0.4, 0.5) is 0 Å². The summed E-state index contributed by atoms with van der Waals surface area (Å²) < 4.78 is 1.81. The molecule has 2 rings (SSSR count). The summed E-state index contributed by atoms with van der Waals surface area (Å²) in [7, 11) is 0. The Balaban J connectivity index is 1.86. The maximum atomic E-state index is 9.18. The summed E-state index contributed by atoms with van der Waals surface area (Å²) in [5, 5.41) is 20.5.